The number of pyridine rings is 1. The fourth-order valence-electron chi connectivity index (χ4n) is 3.46. The molecule has 4 heterocycles. The van der Waals surface area contributed by atoms with Crippen molar-refractivity contribution in [2.45, 2.75) is 12.8 Å². The number of aryl methyl sites for hydroxylation is 1. The molecule has 4 aromatic rings. The highest BCUT2D eigenvalue weighted by Gasteiger charge is 2.45. The van der Waals surface area contributed by atoms with Gasteiger partial charge in [0.05, 0.1) is 29.0 Å². The van der Waals surface area contributed by atoms with Crippen molar-refractivity contribution in [2.24, 2.45) is 0 Å². The Hall–Kier alpha value is -3.04. The summed E-state index contributed by atoms with van der Waals surface area (Å²) in [5.41, 5.74) is 0.704. The molecule has 1 saturated heterocycles. The van der Waals surface area contributed by atoms with E-state index in [9.17, 15) is 13.6 Å². The lowest BCUT2D eigenvalue weighted by molar-refractivity contribution is -0.0267. The van der Waals surface area contributed by atoms with Crippen molar-refractivity contribution in [3.05, 3.63) is 62.6 Å². The van der Waals surface area contributed by atoms with Gasteiger partial charge in [-0.1, -0.05) is 23.2 Å². The van der Waals surface area contributed by atoms with Crippen LogP contribution < -0.4 is 10.5 Å². The van der Waals surface area contributed by atoms with Crippen LogP contribution in [-0.2, 0) is 0 Å². The maximum atomic E-state index is 13.4. The van der Waals surface area contributed by atoms with Crippen molar-refractivity contribution >= 4 is 39.9 Å². The summed E-state index contributed by atoms with van der Waals surface area (Å²) in [5.74, 6) is -2.32. The van der Waals surface area contributed by atoms with Crippen LogP contribution in [0.1, 0.15) is 5.56 Å². The average Bonchev–Trinajstić information content (AvgIpc) is 3.12. The summed E-state index contributed by atoms with van der Waals surface area (Å²) in [6.07, 6.45) is 1.51. The molecule has 0 radical (unpaired) electrons. The third-order valence-corrected chi connectivity index (χ3v) is 5.42. The first-order valence-electron chi connectivity index (χ1n) is 9.17. The van der Waals surface area contributed by atoms with Gasteiger partial charge in [-0.2, -0.15) is 0 Å². The van der Waals surface area contributed by atoms with Gasteiger partial charge in [-0.15, -0.1) is 5.10 Å². The van der Waals surface area contributed by atoms with Crippen molar-refractivity contribution in [3.8, 4) is 17.4 Å². The Balaban J connectivity index is 1.72. The Labute approximate surface area is 183 Å². The highest BCUT2D eigenvalue weighted by Crippen LogP contribution is 2.35. The molecule has 3 aromatic heterocycles. The average molecular weight is 464 g/mol. The number of aromatic nitrogens is 4. The van der Waals surface area contributed by atoms with Crippen LogP contribution in [0.4, 0.5) is 14.6 Å². The number of hydrogen-bond acceptors (Lipinski definition) is 6. The summed E-state index contributed by atoms with van der Waals surface area (Å²) >= 11 is 12.3. The van der Waals surface area contributed by atoms with Crippen LogP contribution in [0.5, 0.6) is 0 Å². The van der Waals surface area contributed by atoms with Gasteiger partial charge >= 0.3 is 5.63 Å². The van der Waals surface area contributed by atoms with Crippen molar-refractivity contribution in [1.82, 2.24) is 19.7 Å². The van der Waals surface area contributed by atoms with E-state index in [2.05, 4.69) is 15.1 Å². The molecule has 158 valence electrons. The van der Waals surface area contributed by atoms with Gasteiger partial charge in [0.15, 0.2) is 11.6 Å². The van der Waals surface area contributed by atoms with Crippen LogP contribution in [0.25, 0.3) is 28.3 Å². The van der Waals surface area contributed by atoms with Crippen LogP contribution >= 0.6 is 23.2 Å². The molecular weight excluding hydrogens is 451 g/mol. The molecule has 7 nitrogen and oxygen atoms in total. The molecule has 1 fully saturated rings. The van der Waals surface area contributed by atoms with Crippen LogP contribution in [0, 0.1) is 6.92 Å². The van der Waals surface area contributed by atoms with E-state index in [0.29, 0.717) is 16.1 Å². The van der Waals surface area contributed by atoms with Gasteiger partial charge in [-0.05, 0) is 36.8 Å². The molecule has 0 N–H and O–H groups in total. The summed E-state index contributed by atoms with van der Waals surface area (Å²) in [4.78, 5) is 22.8. The molecule has 11 heteroatoms. The Bertz CT molecular complexity index is 1390. The Morgan fingerprint density at radius 3 is 2.68 bits per heavy atom. The smallest absolute Gasteiger partial charge is 0.347 e. The Morgan fingerprint density at radius 2 is 1.97 bits per heavy atom. The van der Waals surface area contributed by atoms with Gasteiger partial charge in [-0.25, -0.2) is 28.2 Å². The molecule has 1 aliphatic heterocycles. The zero-order valence-electron chi connectivity index (χ0n) is 15.9. The van der Waals surface area contributed by atoms with Gasteiger partial charge in [0.25, 0.3) is 5.92 Å². The predicted molar refractivity (Wildman–Crippen MR) is 113 cm³/mol. The summed E-state index contributed by atoms with van der Waals surface area (Å²) in [7, 11) is 0. The highest BCUT2D eigenvalue weighted by atomic mass is 35.5. The molecule has 0 unspecified atom stereocenters. The topological polar surface area (TPSA) is 77.0 Å². The van der Waals surface area contributed by atoms with E-state index in [-0.39, 0.29) is 33.6 Å². The van der Waals surface area contributed by atoms with Gasteiger partial charge in [0.1, 0.15) is 5.69 Å². The van der Waals surface area contributed by atoms with Gasteiger partial charge in [0, 0.05) is 17.3 Å². The minimum absolute atomic E-state index is 0.0457. The lowest BCUT2D eigenvalue weighted by atomic mass is 10.1. The lowest BCUT2D eigenvalue weighted by Gasteiger charge is -2.38. The molecule has 0 spiro atoms. The first kappa shape index (κ1) is 19.9. The largest absolute Gasteiger partial charge is 0.401 e. The van der Waals surface area contributed by atoms with Gasteiger partial charge < -0.3 is 9.32 Å². The van der Waals surface area contributed by atoms with E-state index < -0.39 is 24.6 Å². The molecule has 1 aromatic carbocycles. The number of fused-ring (bicyclic) bond motifs is 1. The zero-order chi connectivity index (χ0) is 21.9. The summed E-state index contributed by atoms with van der Waals surface area (Å²) in [5, 5.41) is 5.29. The first-order valence-corrected chi connectivity index (χ1v) is 9.92. The molecule has 1 aliphatic rings. The summed E-state index contributed by atoms with van der Waals surface area (Å²) in [6, 6.07) is 7.94. The Kier molecular flexibility index (Phi) is 4.49. The Morgan fingerprint density at radius 1 is 1.19 bits per heavy atom. The summed E-state index contributed by atoms with van der Waals surface area (Å²) in [6.45, 7) is 0.836. The van der Waals surface area contributed by atoms with Crippen LogP contribution in [0.15, 0.2) is 45.7 Å². The standard InChI is InChI=1S/C20H13Cl2F2N5O2/c1-10-5-11(21)6-12-16(10)26-18(31-19(12)30)14-7-15(28-8-20(23,24)9-28)27-29(14)17-13(22)3-2-4-25-17/h2-7H,8-9H2,1H3. The second-order valence-electron chi connectivity index (χ2n) is 7.25. The first-order chi connectivity index (χ1) is 14.7. The number of rotatable bonds is 3. The third kappa shape index (κ3) is 3.43. The number of anilines is 1. The van der Waals surface area contributed by atoms with Crippen molar-refractivity contribution < 1.29 is 13.2 Å². The van der Waals surface area contributed by atoms with Crippen LogP contribution in [-0.4, -0.2) is 38.8 Å². The second kappa shape index (κ2) is 7.00. The van der Waals surface area contributed by atoms with Gasteiger partial charge in [-0.3, -0.25) is 0 Å². The van der Waals surface area contributed by atoms with Crippen LogP contribution in [0.3, 0.4) is 0 Å². The number of hydrogen-bond donors (Lipinski definition) is 0. The van der Waals surface area contributed by atoms with Crippen LogP contribution in [0.2, 0.25) is 10.0 Å². The fraction of sp³-hybridized carbons (Fsp3) is 0.200. The van der Waals surface area contributed by atoms with Gasteiger partial charge in [0.2, 0.25) is 5.89 Å². The van der Waals surface area contributed by atoms with E-state index in [1.807, 2.05) is 0 Å². The third-order valence-electron chi connectivity index (χ3n) is 4.91. The molecule has 5 rings (SSSR count). The minimum Gasteiger partial charge on any atom is -0.401 e. The van der Waals surface area contributed by atoms with E-state index in [1.165, 1.54) is 27.9 Å². The highest BCUT2D eigenvalue weighted by molar-refractivity contribution is 6.32. The van der Waals surface area contributed by atoms with E-state index in [4.69, 9.17) is 27.6 Å². The van der Waals surface area contributed by atoms with E-state index in [1.54, 1.807) is 25.1 Å². The minimum atomic E-state index is -2.78. The number of halogens is 4. The normalized spacial score (nSPS) is 15.3. The monoisotopic (exact) mass is 463 g/mol. The maximum absolute atomic E-state index is 13.4. The number of alkyl halides is 2. The lowest BCUT2D eigenvalue weighted by Crippen LogP contribution is -2.56. The van der Waals surface area contributed by atoms with Crippen molar-refractivity contribution in [3.63, 3.8) is 0 Å². The molecule has 0 bridgehead atoms. The quantitative estimate of drug-likeness (QED) is 0.444. The SMILES string of the molecule is Cc1cc(Cl)cc2c(=O)oc(-c3cc(N4CC(F)(F)C4)nn3-c3ncccc3Cl)nc12. The molecule has 0 amide bonds. The fourth-order valence-corrected chi connectivity index (χ4v) is 3.93. The van der Waals surface area contributed by atoms with Crippen molar-refractivity contribution in [1.29, 1.82) is 0 Å². The number of nitrogens with zero attached hydrogens (tertiary/aromatic N) is 5. The molecule has 31 heavy (non-hydrogen) atoms. The zero-order valence-corrected chi connectivity index (χ0v) is 17.5. The summed E-state index contributed by atoms with van der Waals surface area (Å²) < 4.78 is 33.6. The molecule has 0 saturated carbocycles. The van der Waals surface area contributed by atoms with E-state index >= 15 is 0 Å². The molecule has 0 aliphatic carbocycles. The maximum Gasteiger partial charge on any atom is 0.347 e. The predicted octanol–water partition coefficient (Wildman–Crippen LogP) is 4.51. The molecule has 0 atom stereocenters. The second-order valence-corrected chi connectivity index (χ2v) is 8.09. The van der Waals surface area contributed by atoms with E-state index in [0.717, 1.165) is 0 Å². The molecular formula is C20H13Cl2F2N5O2. The number of benzene rings is 1. The van der Waals surface area contributed by atoms with Crippen molar-refractivity contribution in [2.75, 3.05) is 18.0 Å².